The topological polar surface area (TPSA) is 32.8 Å². The summed E-state index contributed by atoms with van der Waals surface area (Å²) in [5.74, 6) is -1.27. The van der Waals surface area contributed by atoms with Gasteiger partial charge in [0.25, 0.3) is 5.50 Å². The average Bonchev–Trinajstić information content (AvgIpc) is 2.38. The number of carbonyl (C=O) groups is 1. The van der Waals surface area contributed by atoms with E-state index in [2.05, 4.69) is 12.6 Å². The number of hydrogen-bond acceptors (Lipinski definition) is 3. The van der Waals surface area contributed by atoms with Crippen LogP contribution in [0.25, 0.3) is 0 Å². The van der Waals surface area contributed by atoms with Crippen LogP contribution in [0.1, 0.15) is 20.8 Å². The van der Waals surface area contributed by atoms with Crippen LogP contribution in [0.3, 0.4) is 0 Å². The van der Waals surface area contributed by atoms with Crippen LogP contribution in [0.2, 0.25) is 0 Å². The molecular weight excluding hydrogens is 383 g/mol. The predicted molar refractivity (Wildman–Crippen MR) is 93.4 cm³/mol. The fourth-order valence-corrected chi connectivity index (χ4v) is 2.85. The van der Waals surface area contributed by atoms with Gasteiger partial charge in [0.05, 0.1) is 39.2 Å². The van der Waals surface area contributed by atoms with Gasteiger partial charge in [-0.1, -0.05) is 0 Å². The maximum atomic E-state index is 12.9. The van der Waals surface area contributed by atoms with Crippen molar-refractivity contribution in [3.63, 3.8) is 0 Å². The minimum atomic E-state index is -6.20. The van der Waals surface area contributed by atoms with Gasteiger partial charge < -0.3 is 14.5 Å². The number of amides is 1. The Morgan fingerprint density at radius 3 is 1.68 bits per heavy atom. The van der Waals surface area contributed by atoms with Crippen molar-refractivity contribution >= 4 is 53.2 Å². The predicted octanol–water partition coefficient (Wildman–Crippen LogP) is 0.00470. The molecule has 1 aliphatic heterocycles. The van der Waals surface area contributed by atoms with Crippen LogP contribution in [0.15, 0.2) is 0 Å². The maximum absolute atomic E-state index is 12.9. The SMILES string of the molecule is [B]C1CN(C(=O)OC([B])(C(F)(F)F)C(F)(F)F)C([B])([B])C([B])([B])N1C(C)(C)C. The summed E-state index contributed by atoms with van der Waals surface area (Å²) in [4.78, 5) is 13.4. The fraction of sp³-hybridized carbons (Fsp3) is 0.917. The van der Waals surface area contributed by atoms with Crippen molar-refractivity contribution in [1.29, 1.82) is 0 Å². The summed E-state index contributed by atoms with van der Waals surface area (Å²) in [6, 6.07) is 0. The molecule has 1 unspecified atom stereocenters. The molecule has 0 aromatic carbocycles. The zero-order valence-electron chi connectivity index (χ0n) is 15.2. The second-order valence-corrected chi connectivity index (χ2v) is 7.47. The molecular formula is C12H12B6F6N2O2. The van der Waals surface area contributed by atoms with Crippen LogP contribution in [0, 0.1) is 0 Å². The number of alkyl halides is 6. The molecule has 0 saturated carbocycles. The van der Waals surface area contributed by atoms with Crippen LogP contribution >= 0.6 is 0 Å². The van der Waals surface area contributed by atoms with Crippen molar-refractivity contribution in [3.05, 3.63) is 0 Å². The first-order chi connectivity index (χ1) is 12.0. The van der Waals surface area contributed by atoms with Crippen molar-refractivity contribution < 1.29 is 35.9 Å². The van der Waals surface area contributed by atoms with E-state index in [1.807, 2.05) is 0 Å². The van der Waals surface area contributed by atoms with Gasteiger partial charge in [-0.15, -0.1) is 0 Å². The highest BCUT2D eigenvalue weighted by Crippen LogP contribution is 2.45. The first kappa shape index (κ1) is 25.2. The molecule has 1 amide bonds. The molecule has 1 fully saturated rings. The van der Waals surface area contributed by atoms with Crippen molar-refractivity contribution in [3.8, 4) is 0 Å². The van der Waals surface area contributed by atoms with Crippen molar-refractivity contribution in [2.45, 2.75) is 60.8 Å². The lowest BCUT2D eigenvalue weighted by Crippen LogP contribution is -2.83. The smallest absolute Gasteiger partial charge is 0.427 e. The van der Waals surface area contributed by atoms with Gasteiger partial charge in [0.2, 0.25) is 0 Å². The number of carbonyl (C=O) groups excluding carboxylic acids is 1. The minimum absolute atomic E-state index is 0.0684. The molecule has 1 aliphatic rings. The molecule has 0 spiro atoms. The van der Waals surface area contributed by atoms with Crippen LogP contribution in [0.4, 0.5) is 31.1 Å². The largest absolute Gasteiger partial charge is 0.434 e. The second-order valence-electron chi connectivity index (χ2n) is 7.47. The number of rotatable bonds is 1. The van der Waals surface area contributed by atoms with E-state index >= 15 is 0 Å². The zero-order chi connectivity index (χ0) is 22.7. The summed E-state index contributed by atoms with van der Waals surface area (Å²) in [6.45, 7) is 4.00. The molecule has 28 heavy (non-hydrogen) atoms. The van der Waals surface area contributed by atoms with Gasteiger partial charge in [-0.05, 0) is 37.4 Å². The highest BCUT2D eigenvalue weighted by Gasteiger charge is 2.70. The highest BCUT2D eigenvalue weighted by atomic mass is 19.4. The van der Waals surface area contributed by atoms with E-state index in [9.17, 15) is 31.1 Å². The normalized spacial score (nSPS) is 24.0. The van der Waals surface area contributed by atoms with Crippen molar-refractivity contribution in [1.82, 2.24) is 9.80 Å². The summed E-state index contributed by atoms with van der Waals surface area (Å²) >= 11 is 0. The monoisotopic (exact) mass is 396 g/mol. The Hall–Kier alpha value is -0.800. The van der Waals surface area contributed by atoms with Gasteiger partial charge in [0, 0.05) is 12.1 Å². The van der Waals surface area contributed by atoms with Crippen LogP contribution in [-0.2, 0) is 4.74 Å². The quantitative estimate of drug-likeness (QED) is 0.463. The van der Waals surface area contributed by atoms with Gasteiger partial charge in [-0.3, -0.25) is 0 Å². The Bertz CT molecular complexity index is 607. The number of piperazine rings is 1. The summed E-state index contributed by atoms with van der Waals surface area (Å²) < 4.78 is 80.9. The lowest BCUT2D eigenvalue weighted by molar-refractivity contribution is -0.331. The first-order valence-corrected chi connectivity index (χ1v) is 7.65. The van der Waals surface area contributed by atoms with E-state index in [-0.39, 0.29) is 4.90 Å². The van der Waals surface area contributed by atoms with Crippen molar-refractivity contribution in [2.75, 3.05) is 6.54 Å². The Balaban J connectivity index is 3.36. The molecule has 142 valence electrons. The standard InChI is InChI=1S/C12H12B6F6N2O2/c1-7(2,3)26-5(13)4-25(9(15,16)10(26,17)18)6(27)28-8(14,11(19,20)21)12(22,23)24/h5H,4H2,1-3H3. The summed E-state index contributed by atoms with van der Waals surface area (Å²) in [5, 5.41) is -5.07. The number of hydrogen-bond donors (Lipinski definition) is 0. The zero-order valence-corrected chi connectivity index (χ0v) is 15.2. The second kappa shape index (κ2) is 6.87. The van der Waals surface area contributed by atoms with E-state index in [1.165, 1.54) is 0 Å². The number of halogens is 6. The Labute approximate surface area is 166 Å². The van der Waals surface area contributed by atoms with E-state index < -0.39 is 52.6 Å². The molecule has 12 radical (unpaired) electrons. The Morgan fingerprint density at radius 2 is 1.36 bits per heavy atom. The van der Waals surface area contributed by atoms with E-state index in [0.717, 1.165) is 4.90 Å². The van der Waals surface area contributed by atoms with Gasteiger partial charge in [0.1, 0.15) is 0 Å². The number of ether oxygens (including phenoxy) is 1. The maximum Gasteiger partial charge on any atom is 0.427 e. The minimum Gasteiger partial charge on any atom is -0.434 e. The Kier molecular flexibility index (Phi) is 6.19. The van der Waals surface area contributed by atoms with E-state index in [1.54, 1.807) is 20.8 Å². The molecule has 4 nitrogen and oxygen atoms in total. The third-order valence-electron chi connectivity index (χ3n) is 4.22. The van der Waals surface area contributed by atoms with Gasteiger partial charge in [-0.25, -0.2) is 4.79 Å². The highest BCUT2D eigenvalue weighted by molar-refractivity contribution is 6.55. The van der Waals surface area contributed by atoms with Crippen LogP contribution in [-0.4, -0.2) is 110 Å². The summed E-state index contributed by atoms with van der Waals surface area (Å²) in [6.07, 6.45) is -14.7. The molecule has 0 bridgehead atoms. The molecule has 0 aliphatic carbocycles. The molecule has 1 heterocycles. The molecule has 1 rings (SSSR count). The summed E-state index contributed by atoms with van der Waals surface area (Å²) in [5.41, 5.74) is -6.23. The molecule has 0 aromatic heterocycles. The Morgan fingerprint density at radius 1 is 0.964 bits per heavy atom. The number of nitrogens with zero attached hydrogens (tertiary/aromatic N) is 2. The fourth-order valence-electron chi connectivity index (χ4n) is 2.85. The molecule has 0 N–H and O–H groups in total. The molecule has 1 saturated heterocycles. The lowest BCUT2D eigenvalue weighted by Gasteiger charge is -2.66. The third-order valence-corrected chi connectivity index (χ3v) is 4.22. The first-order valence-electron chi connectivity index (χ1n) is 7.65. The lowest BCUT2D eigenvalue weighted by atomic mass is 9.35. The third kappa shape index (κ3) is 3.94. The van der Waals surface area contributed by atoms with Gasteiger partial charge in [0.15, 0.2) is 7.85 Å². The molecule has 0 aromatic rings. The van der Waals surface area contributed by atoms with E-state index in [0.29, 0.717) is 0 Å². The molecule has 16 heteroatoms. The van der Waals surface area contributed by atoms with Gasteiger partial charge in [-0.2, -0.15) is 26.3 Å². The van der Waals surface area contributed by atoms with E-state index in [4.69, 9.17) is 39.2 Å². The van der Waals surface area contributed by atoms with Crippen LogP contribution < -0.4 is 0 Å². The van der Waals surface area contributed by atoms with Gasteiger partial charge >= 0.3 is 18.4 Å². The average molecular weight is 395 g/mol. The summed E-state index contributed by atoms with van der Waals surface area (Å²) in [7, 11) is 33.5. The van der Waals surface area contributed by atoms with Crippen molar-refractivity contribution in [2.24, 2.45) is 0 Å². The molecule has 1 atom stereocenters. The van der Waals surface area contributed by atoms with Crippen LogP contribution in [0.5, 0.6) is 0 Å².